The number of nitrogens with zero attached hydrogens (tertiary/aromatic N) is 1. The Hall–Kier alpha value is -2.72. The second-order valence-electron chi connectivity index (χ2n) is 6.79. The molecule has 1 aromatic heterocycles. The van der Waals surface area contributed by atoms with E-state index in [0.717, 1.165) is 27.7 Å². The van der Waals surface area contributed by atoms with Crippen molar-refractivity contribution < 1.29 is 9.47 Å². The summed E-state index contributed by atoms with van der Waals surface area (Å²) in [6, 6.07) is 20.9. The number of fused-ring (bicyclic) bond motifs is 1. The van der Waals surface area contributed by atoms with Crippen LogP contribution in [0.2, 0.25) is 15.1 Å². The van der Waals surface area contributed by atoms with Crippen LogP contribution in [-0.2, 0) is 6.61 Å². The molecule has 0 spiro atoms. The lowest BCUT2D eigenvalue weighted by Gasteiger charge is -2.10. The zero-order valence-electron chi connectivity index (χ0n) is 16.6. The van der Waals surface area contributed by atoms with Crippen LogP contribution in [-0.4, -0.2) is 12.1 Å². The lowest BCUT2D eigenvalue weighted by molar-refractivity contribution is 0.309. The SMILES string of the molecule is COc1c(Cl)cc(Cl)cc1/C=C\c1ccc2cccc(OCc3ccccc3Cl)c2n1. The molecule has 0 radical (unpaired) electrons. The molecule has 0 fully saturated rings. The van der Waals surface area contributed by atoms with Gasteiger partial charge in [-0.05, 0) is 42.5 Å². The van der Waals surface area contributed by atoms with E-state index in [1.165, 1.54) is 0 Å². The van der Waals surface area contributed by atoms with Crippen molar-refractivity contribution >= 4 is 57.9 Å². The van der Waals surface area contributed by atoms with Gasteiger partial charge in [0.1, 0.15) is 23.6 Å². The van der Waals surface area contributed by atoms with Crippen molar-refractivity contribution in [1.82, 2.24) is 4.98 Å². The Morgan fingerprint density at radius 1 is 0.871 bits per heavy atom. The van der Waals surface area contributed by atoms with E-state index in [1.807, 2.05) is 66.7 Å². The second-order valence-corrected chi connectivity index (χ2v) is 8.04. The smallest absolute Gasteiger partial charge is 0.146 e. The van der Waals surface area contributed by atoms with Crippen LogP contribution in [0.5, 0.6) is 11.5 Å². The third-order valence-electron chi connectivity index (χ3n) is 4.72. The van der Waals surface area contributed by atoms with Crippen molar-refractivity contribution in [1.29, 1.82) is 0 Å². The number of rotatable bonds is 6. The minimum atomic E-state index is 0.360. The van der Waals surface area contributed by atoms with Crippen LogP contribution in [0.15, 0.2) is 66.7 Å². The van der Waals surface area contributed by atoms with Gasteiger partial charge in [0.15, 0.2) is 0 Å². The van der Waals surface area contributed by atoms with Crippen LogP contribution >= 0.6 is 34.8 Å². The fourth-order valence-corrected chi connectivity index (χ4v) is 3.99. The minimum absolute atomic E-state index is 0.360. The summed E-state index contributed by atoms with van der Waals surface area (Å²) in [4.78, 5) is 4.77. The van der Waals surface area contributed by atoms with Crippen molar-refractivity contribution in [3.63, 3.8) is 0 Å². The van der Waals surface area contributed by atoms with Gasteiger partial charge in [-0.25, -0.2) is 4.98 Å². The summed E-state index contributed by atoms with van der Waals surface area (Å²) in [6.45, 7) is 0.360. The standard InChI is InChI=1S/C25H18Cl3NO2/c1-30-25-17(13-19(26)14-22(25)28)10-12-20-11-9-16-6-4-8-23(24(16)29-20)31-15-18-5-2-3-7-21(18)27/h2-14H,15H2,1H3/b12-10-. The lowest BCUT2D eigenvalue weighted by Crippen LogP contribution is -1.98. The number of pyridine rings is 1. The summed E-state index contributed by atoms with van der Waals surface area (Å²) >= 11 is 18.6. The molecule has 3 aromatic carbocycles. The van der Waals surface area contributed by atoms with E-state index in [2.05, 4.69) is 0 Å². The summed E-state index contributed by atoms with van der Waals surface area (Å²) in [5.41, 5.74) is 3.22. The van der Waals surface area contributed by atoms with Crippen molar-refractivity contribution in [3.8, 4) is 11.5 Å². The van der Waals surface area contributed by atoms with Gasteiger partial charge in [-0.3, -0.25) is 0 Å². The molecular weight excluding hydrogens is 453 g/mol. The van der Waals surface area contributed by atoms with Gasteiger partial charge in [0.25, 0.3) is 0 Å². The van der Waals surface area contributed by atoms with Crippen LogP contribution < -0.4 is 9.47 Å². The highest BCUT2D eigenvalue weighted by atomic mass is 35.5. The lowest BCUT2D eigenvalue weighted by atomic mass is 10.1. The van der Waals surface area contributed by atoms with Gasteiger partial charge in [0.2, 0.25) is 0 Å². The van der Waals surface area contributed by atoms with Crippen molar-refractivity contribution in [2.24, 2.45) is 0 Å². The number of hydrogen-bond donors (Lipinski definition) is 0. The summed E-state index contributed by atoms with van der Waals surface area (Å²) < 4.78 is 11.4. The predicted octanol–water partition coefficient (Wildman–Crippen LogP) is 7.95. The Morgan fingerprint density at radius 3 is 2.52 bits per heavy atom. The first kappa shape index (κ1) is 21.5. The molecule has 4 aromatic rings. The highest BCUT2D eigenvalue weighted by Crippen LogP contribution is 2.33. The number of aromatic nitrogens is 1. The summed E-state index contributed by atoms with van der Waals surface area (Å²) in [7, 11) is 1.57. The molecule has 3 nitrogen and oxygen atoms in total. The maximum absolute atomic E-state index is 6.25. The first-order valence-electron chi connectivity index (χ1n) is 9.52. The molecule has 0 unspecified atom stereocenters. The third kappa shape index (κ3) is 4.96. The number of halogens is 3. The number of para-hydroxylation sites is 1. The molecule has 4 rings (SSSR count). The van der Waals surface area contributed by atoms with E-state index < -0.39 is 0 Å². The molecule has 0 N–H and O–H groups in total. The first-order valence-corrected chi connectivity index (χ1v) is 10.7. The minimum Gasteiger partial charge on any atom is -0.495 e. The van der Waals surface area contributed by atoms with Crippen LogP contribution in [0, 0.1) is 0 Å². The van der Waals surface area contributed by atoms with Crippen molar-refractivity contribution in [2.75, 3.05) is 7.11 Å². The van der Waals surface area contributed by atoms with E-state index >= 15 is 0 Å². The third-order valence-corrected chi connectivity index (χ3v) is 5.59. The fourth-order valence-electron chi connectivity index (χ4n) is 3.21. The second kappa shape index (κ2) is 9.61. The van der Waals surface area contributed by atoms with E-state index in [1.54, 1.807) is 19.2 Å². The van der Waals surface area contributed by atoms with E-state index in [9.17, 15) is 0 Å². The van der Waals surface area contributed by atoms with Crippen molar-refractivity contribution in [2.45, 2.75) is 6.61 Å². The normalized spacial score (nSPS) is 11.2. The molecule has 0 aliphatic carbocycles. The summed E-state index contributed by atoms with van der Waals surface area (Å²) in [5, 5.41) is 2.65. The molecule has 0 bridgehead atoms. The molecule has 0 aliphatic heterocycles. The maximum atomic E-state index is 6.25. The summed E-state index contributed by atoms with van der Waals surface area (Å²) in [6.07, 6.45) is 3.76. The first-order chi connectivity index (χ1) is 15.0. The number of methoxy groups -OCH3 is 1. The predicted molar refractivity (Wildman–Crippen MR) is 129 cm³/mol. The van der Waals surface area contributed by atoms with Crippen LogP contribution in [0.1, 0.15) is 16.8 Å². The molecule has 0 aliphatic rings. The molecule has 0 atom stereocenters. The zero-order chi connectivity index (χ0) is 21.8. The number of hydrogen-bond acceptors (Lipinski definition) is 3. The van der Waals surface area contributed by atoms with Crippen molar-refractivity contribution in [3.05, 3.63) is 98.6 Å². The highest BCUT2D eigenvalue weighted by molar-refractivity contribution is 6.36. The Morgan fingerprint density at radius 2 is 1.71 bits per heavy atom. The Labute approximate surface area is 195 Å². The molecule has 0 amide bonds. The Kier molecular flexibility index (Phi) is 6.67. The topological polar surface area (TPSA) is 31.4 Å². The molecular formula is C25H18Cl3NO2. The molecule has 0 saturated heterocycles. The molecule has 0 saturated carbocycles. The quantitative estimate of drug-likeness (QED) is 0.286. The Bertz CT molecular complexity index is 1270. The van der Waals surface area contributed by atoms with Gasteiger partial charge in [-0.2, -0.15) is 0 Å². The van der Waals surface area contributed by atoms with Crippen LogP contribution in [0.4, 0.5) is 0 Å². The molecule has 31 heavy (non-hydrogen) atoms. The van der Waals surface area contributed by atoms with E-state index in [0.29, 0.717) is 33.2 Å². The highest BCUT2D eigenvalue weighted by Gasteiger charge is 2.09. The average molecular weight is 471 g/mol. The molecule has 1 heterocycles. The molecule has 156 valence electrons. The Balaban J connectivity index is 1.64. The number of ether oxygens (including phenoxy) is 2. The molecule has 6 heteroatoms. The van der Waals surface area contributed by atoms with E-state index in [4.69, 9.17) is 49.3 Å². The van der Waals surface area contributed by atoms with Gasteiger partial charge >= 0.3 is 0 Å². The maximum Gasteiger partial charge on any atom is 0.146 e. The van der Waals surface area contributed by atoms with Crippen LogP contribution in [0.25, 0.3) is 23.1 Å². The van der Waals surface area contributed by atoms with Gasteiger partial charge < -0.3 is 9.47 Å². The van der Waals surface area contributed by atoms with Crippen LogP contribution in [0.3, 0.4) is 0 Å². The van der Waals surface area contributed by atoms with E-state index in [-0.39, 0.29) is 0 Å². The average Bonchev–Trinajstić information content (AvgIpc) is 2.76. The van der Waals surface area contributed by atoms with Gasteiger partial charge in [-0.15, -0.1) is 0 Å². The summed E-state index contributed by atoms with van der Waals surface area (Å²) in [5.74, 6) is 1.25. The van der Waals surface area contributed by atoms with Gasteiger partial charge in [0, 0.05) is 26.6 Å². The zero-order valence-corrected chi connectivity index (χ0v) is 18.9. The monoisotopic (exact) mass is 469 g/mol. The van der Waals surface area contributed by atoms with Gasteiger partial charge in [-0.1, -0.05) is 71.2 Å². The largest absolute Gasteiger partial charge is 0.495 e. The number of benzene rings is 3. The fraction of sp³-hybridized carbons (Fsp3) is 0.0800. The van der Waals surface area contributed by atoms with Gasteiger partial charge in [0.05, 0.1) is 17.8 Å².